The Balaban J connectivity index is 1.60. The molecule has 2 N–H and O–H groups in total. The summed E-state index contributed by atoms with van der Waals surface area (Å²) >= 11 is 20.0. The molecule has 0 fully saturated rings. The molecule has 1 heterocycles. The first-order chi connectivity index (χ1) is 15.4. The third kappa shape index (κ3) is 4.97. The monoisotopic (exact) mass is 609 g/mol. The molecule has 1 amide bonds. The van der Waals surface area contributed by atoms with Crippen LogP contribution in [0.15, 0.2) is 63.5 Å². The quantitative estimate of drug-likeness (QED) is 0.238. The van der Waals surface area contributed by atoms with Gasteiger partial charge in [0.25, 0.3) is 5.91 Å². The lowest BCUT2D eigenvalue weighted by Crippen LogP contribution is -2.34. The standard InChI is InChI=1S/C22H14Br2ClN3O2S2/c1-30-19-14(8-11(23)9-15(19)24)20(29)28-22(31)27-16-7-6-12(25)10-13(16)21-26-17-4-2-3-5-18(17)32-21/h2-10H,1H3,(H2,27,28,29,31). The number of hydrogen-bond acceptors (Lipinski definition) is 5. The molecule has 4 rings (SSSR count). The third-order valence-electron chi connectivity index (χ3n) is 4.44. The lowest BCUT2D eigenvalue weighted by atomic mass is 10.2. The first-order valence-electron chi connectivity index (χ1n) is 9.16. The van der Waals surface area contributed by atoms with Crippen LogP contribution in [-0.2, 0) is 0 Å². The lowest BCUT2D eigenvalue weighted by Gasteiger charge is -2.15. The molecule has 1 aromatic heterocycles. The molecule has 0 spiro atoms. The van der Waals surface area contributed by atoms with Crippen LogP contribution in [0.4, 0.5) is 5.69 Å². The molecule has 0 unspecified atom stereocenters. The molecule has 0 bridgehead atoms. The highest BCUT2D eigenvalue weighted by atomic mass is 79.9. The molecule has 10 heteroatoms. The molecule has 0 saturated heterocycles. The minimum absolute atomic E-state index is 0.137. The van der Waals surface area contributed by atoms with Gasteiger partial charge in [0.05, 0.1) is 33.0 Å². The van der Waals surface area contributed by atoms with E-state index in [2.05, 4.69) is 42.5 Å². The van der Waals surface area contributed by atoms with Gasteiger partial charge in [-0.25, -0.2) is 4.98 Å². The summed E-state index contributed by atoms with van der Waals surface area (Å²) in [5, 5.41) is 7.30. The molecule has 162 valence electrons. The summed E-state index contributed by atoms with van der Waals surface area (Å²) in [4.78, 5) is 17.6. The van der Waals surface area contributed by atoms with Crippen molar-refractivity contribution in [3.63, 3.8) is 0 Å². The Morgan fingerprint density at radius 3 is 2.69 bits per heavy atom. The predicted octanol–water partition coefficient (Wildman–Crippen LogP) is 7.28. The second kappa shape index (κ2) is 9.84. The van der Waals surface area contributed by atoms with Crippen molar-refractivity contribution in [2.24, 2.45) is 0 Å². The van der Waals surface area contributed by atoms with Gasteiger partial charge < -0.3 is 10.1 Å². The molecule has 32 heavy (non-hydrogen) atoms. The van der Waals surface area contributed by atoms with E-state index in [-0.39, 0.29) is 5.11 Å². The van der Waals surface area contributed by atoms with Crippen molar-refractivity contribution in [2.45, 2.75) is 0 Å². The molecule has 4 aromatic rings. The van der Waals surface area contributed by atoms with Gasteiger partial charge in [0.15, 0.2) is 5.11 Å². The van der Waals surface area contributed by atoms with Crippen molar-refractivity contribution in [3.05, 3.63) is 74.1 Å². The molecule has 0 aliphatic carbocycles. The molecule has 0 atom stereocenters. The van der Waals surface area contributed by atoms with Gasteiger partial charge in [-0.3, -0.25) is 10.1 Å². The topological polar surface area (TPSA) is 63.2 Å². The molecule has 5 nitrogen and oxygen atoms in total. The second-order valence-electron chi connectivity index (χ2n) is 6.55. The smallest absolute Gasteiger partial charge is 0.261 e. The van der Waals surface area contributed by atoms with Crippen molar-refractivity contribution in [1.29, 1.82) is 0 Å². The van der Waals surface area contributed by atoms with Crippen LogP contribution in [0.1, 0.15) is 10.4 Å². The first kappa shape index (κ1) is 23.1. The zero-order valence-corrected chi connectivity index (χ0v) is 22.0. The fourth-order valence-electron chi connectivity index (χ4n) is 3.05. The molecule has 0 aliphatic rings. The highest BCUT2D eigenvalue weighted by Crippen LogP contribution is 2.36. The normalized spacial score (nSPS) is 10.8. The minimum atomic E-state index is -0.406. The van der Waals surface area contributed by atoms with E-state index in [1.54, 1.807) is 35.6 Å². The molecular weight excluding hydrogens is 598 g/mol. The van der Waals surface area contributed by atoms with Crippen molar-refractivity contribution in [3.8, 4) is 16.3 Å². The number of thiocarbonyl (C=S) groups is 1. The maximum atomic E-state index is 12.9. The van der Waals surface area contributed by atoms with Gasteiger partial charge in [0, 0.05) is 15.1 Å². The van der Waals surface area contributed by atoms with E-state index in [0.29, 0.717) is 26.5 Å². The van der Waals surface area contributed by atoms with Crippen LogP contribution >= 0.6 is 67.0 Å². The average molecular weight is 612 g/mol. The first-order valence-corrected chi connectivity index (χ1v) is 12.4. The number of para-hydroxylation sites is 1. The zero-order valence-electron chi connectivity index (χ0n) is 16.4. The SMILES string of the molecule is COc1c(Br)cc(Br)cc1C(=O)NC(=S)Nc1ccc(Cl)cc1-c1nc2ccccc2s1. The lowest BCUT2D eigenvalue weighted by molar-refractivity contribution is 0.0974. The van der Waals surface area contributed by atoms with Gasteiger partial charge in [-0.15, -0.1) is 11.3 Å². The van der Waals surface area contributed by atoms with E-state index in [1.165, 1.54) is 7.11 Å². The molecule has 0 aliphatic heterocycles. The Hall–Kier alpha value is -2.04. The largest absolute Gasteiger partial charge is 0.495 e. The van der Waals surface area contributed by atoms with E-state index in [0.717, 1.165) is 25.3 Å². The Bertz CT molecular complexity index is 1330. The summed E-state index contributed by atoms with van der Waals surface area (Å²) in [6.45, 7) is 0. The van der Waals surface area contributed by atoms with Crippen molar-refractivity contribution < 1.29 is 9.53 Å². The van der Waals surface area contributed by atoms with E-state index >= 15 is 0 Å². The van der Waals surface area contributed by atoms with Crippen molar-refractivity contribution in [2.75, 3.05) is 12.4 Å². The van der Waals surface area contributed by atoms with Crippen LogP contribution in [0.25, 0.3) is 20.8 Å². The maximum Gasteiger partial charge on any atom is 0.261 e. The molecule has 0 radical (unpaired) electrons. The number of halogens is 3. The van der Waals surface area contributed by atoms with Crippen LogP contribution < -0.4 is 15.4 Å². The summed E-state index contributed by atoms with van der Waals surface area (Å²) in [5.41, 5.74) is 2.71. The van der Waals surface area contributed by atoms with E-state index < -0.39 is 5.91 Å². The number of amides is 1. The number of rotatable bonds is 4. The highest BCUT2D eigenvalue weighted by Gasteiger charge is 2.18. The van der Waals surface area contributed by atoms with Crippen LogP contribution in [0, 0.1) is 0 Å². The van der Waals surface area contributed by atoms with Crippen molar-refractivity contribution >= 4 is 93.9 Å². The van der Waals surface area contributed by atoms with Crippen LogP contribution in [0.5, 0.6) is 5.75 Å². The van der Waals surface area contributed by atoms with Gasteiger partial charge in [-0.2, -0.15) is 0 Å². The Labute approximate surface area is 215 Å². The van der Waals surface area contributed by atoms with E-state index in [9.17, 15) is 4.79 Å². The summed E-state index contributed by atoms with van der Waals surface area (Å²) in [7, 11) is 1.50. The number of nitrogens with one attached hydrogen (secondary N) is 2. The number of hydrogen-bond donors (Lipinski definition) is 2. The van der Waals surface area contributed by atoms with Crippen LogP contribution in [0.3, 0.4) is 0 Å². The van der Waals surface area contributed by atoms with Gasteiger partial charge in [0.1, 0.15) is 10.8 Å². The molecular formula is C22H14Br2ClN3O2S2. The number of benzene rings is 3. The highest BCUT2D eigenvalue weighted by molar-refractivity contribution is 9.11. The molecule has 3 aromatic carbocycles. The van der Waals surface area contributed by atoms with Crippen LogP contribution in [-0.4, -0.2) is 23.1 Å². The second-order valence-corrected chi connectivity index (χ2v) is 10.2. The third-order valence-corrected chi connectivity index (χ3v) is 6.99. The number of thiazole rings is 1. The maximum absolute atomic E-state index is 12.9. The zero-order chi connectivity index (χ0) is 22.8. The summed E-state index contributed by atoms with van der Waals surface area (Å²) in [5.74, 6) is 0.00649. The van der Waals surface area contributed by atoms with Gasteiger partial charge in [-0.1, -0.05) is 39.7 Å². The fourth-order valence-corrected chi connectivity index (χ4v) is 5.81. The number of nitrogens with zero attached hydrogens (tertiary/aromatic N) is 1. The summed E-state index contributed by atoms with van der Waals surface area (Å²) < 4.78 is 7.80. The number of fused-ring (bicyclic) bond motifs is 1. The number of anilines is 1. The average Bonchev–Trinajstić information content (AvgIpc) is 3.18. The number of carbonyl (C=O) groups excluding carboxylic acids is 1. The molecule has 0 saturated carbocycles. The fraction of sp³-hybridized carbons (Fsp3) is 0.0455. The number of aromatic nitrogens is 1. The Morgan fingerprint density at radius 1 is 1.16 bits per heavy atom. The van der Waals surface area contributed by atoms with Gasteiger partial charge in [0.2, 0.25) is 0 Å². The summed E-state index contributed by atoms with van der Waals surface area (Å²) in [6, 6.07) is 16.7. The summed E-state index contributed by atoms with van der Waals surface area (Å²) in [6.07, 6.45) is 0. The predicted molar refractivity (Wildman–Crippen MR) is 142 cm³/mol. The Morgan fingerprint density at radius 2 is 1.94 bits per heavy atom. The van der Waals surface area contributed by atoms with E-state index in [4.69, 9.17) is 33.5 Å². The van der Waals surface area contributed by atoms with Crippen LogP contribution in [0.2, 0.25) is 5.02 Å². The van der Waals surface area contributed by atoms with Gasteiger partial charge in [-0.05, 0) is 70.6 Å². The minimum Gasteiger partial charge on any atom is -0.495 e. The number of methoxy groups -OCH3 is 1. The van der Waals surface area contributed by atoms with E-state index in [1.807, 2.05) is 30.3 Å². The Kier molecular flexibility index (Phi) is 7.11. The number of carbonyl (C=O) groups is 1. The van der Waals surface area contributed by atoms with Gasteiger partial charge >= 0.3 is 0 Å². The van der Waals surface area contributed by atoms with Crippen molar-refractivity contribution in [1.82, 2.24) is 10.3 Å². The number of ether oxygens (including phenoxy) is 1.